The van der Waals surface area contributed by atoms with Crippen LogP contribution in [0.1, 0.15) is 20.3 Å². The molecule has 0 atom stereocenters. The lowest BCUT2D eigenvalue weighted by Gasteiger charge is -2.37. The van der Waals surface area contributed by atoms with Gasteiger partial charge < -0.3 is 9.80 Å². The maximum Gasteiger partial charge on any atom is 0.0367 e. The summed E-state index contributed by atoms with van der Waals surface area (Å²) >= 11 is 0. The van der Waals surface area contributed by atoms with Crippen LogP contribution in [0.25, 0.3) is 0 Å². The van der Waals surface area contributed by atoms with Gasteiger partial charge in [-0.3, -0.25) is 0 Å². The third-order valence-electron chi connectivity index (χ3n) is 3.74. The summed E-state index contributed by atoms with van der Waals surface area (Å²) in [5.74, 6) is 0. The molecule has 23 heavy (non-hydrogen) atoms. The van der Waals surface area contributed by atoms with Crippen LogP contribution in [0.4, 0.5) is 5.69 Å². The van der Waals surface area contributed by atoms with Crippen molar-refractivity contribution in [3.8, 4) is 0 Å². The summed E-state index contributed by atoms with van der Waals surface area (Å²) < 4.78 is 0. The lowest BCUT2D eigenvalue weighted by Crippen LogP contribution is -2.45. The minimum atomic E-state index is 1.07. The van der Waals surface area contributed by atoms with Crippen molar-refractivity contribution in [3.05, 3.63) is 78.6 Å². The summed E-state index contributed by atoms with van der Waals surface area (Å²) in [4.78, 5) is 4.92. The number of hydrogen-bond donors (Lipinski definition) is 0. The van der Waals surface area contributed by atoms with Gasteiger partial charge in [-0.15, -0.1) is 0 Å². The topological polar surface area (TPSA) is 6.48 Å². The average Bonchev–Trinajstić information content (AvgIpc) is 2.56. The fourth-order valence-electron chi connectivity index (χ4n) is 2.63. The Morgan fingerprint density at radius 1 is 0.739 bits per heavy atom. The molecule has 0 unspecified atom stereocenters. The summed E-state index contributed by atoms with van der Waals surface area (Å²) in [5, 5.41) is 0. The molecule has 2 nitrogen and oxygen atoms in total. The zero-order valence-electron chi connectivity index (χ0n) is 14.4. The molecule has 1 heterocycles. The first-order valence-electron chi connectivity index (χ1n) is 8.61. The first kappa shape index (κ1) is 17.1. The molecule has 1 aliphatic carbocycles. The quantitative estimate of drug-likeness (QED) is 0.775. The summed E-state index contributed by atoms with van der Waals surface area (Å²) in [6.07, 6.45) is 16.1. The molecule has 1 saturated heterocycles. The van der Waals surface area contributed by atoms with Gasteiger partial charge in [-0.1, -0.05) is 68.8 Å². The number of hydrogen-bond acceptors (Lipinski definition) is 2. The van der Waals surface area contributed by atoms with Gasteiger partial charge in [-0.05, 0) is 24.3 Å². The van der Waals surface area contributed by atoms with E-state index in [-0.39, 0.29) is 0 Å². The van der Waals surface area contributed by atoms with Crippen LogP contribution in [-0.2, 0) is 0 Å². The summed E-state index contributed by atoms with van der Waals surface area (Å²) in [7, 11) is 0. The molecule has 1 aromatic carbocycles. The molecule has 2 heteroatoms. The van der Waals surface area contributed by atoms with Gasteiger partial charge in [0.25, 0.3) is 0 Å². The van der Waals surface area contributed by atoms with Gasteiger partial charge in [0.05, 0.1) is 0 Å². The fraction of sp³-hybridized carbons (Fsp3) is 0.333. The van der Waals surface area contributed by atoms with E-state index in [0.29, 0.717) is 0 Å². The van der Waals surface area contributed by atoms with E-state index in [2.05, 4.69) is 96.5 Å². The molecule has 0 aromatic heterocycles. The Balaban J connectivity index is 0.000000595. The van der Waals surface area contributed by atoms with E-state index in [0.717, 1.165) is 26.2 Å². The second kappa shape index (κ2) is 9.73. The Kier molecular flexibility index (Phi) is 7.25. The Bertz CT molecular complexity index is 559. The van der Waals surface area contributed by atoms with Crippen molar-refractivity contribution in [1.82, 2.24) is 4.90 Å². The average molecular weight is 308 g/mol. The van der Waals surface area contributed by atoms with Crippen molar-refractivity contribution in [2.75, 3.05) is 31.1 Å². The minimum Gasteiger partial charge on any atom is -0.368 e. The highest BCUT2D eigenvalue weighted by molar-refractivity contribution is 5.46. The zero-order valence-corrected chi connectivity index (χ0v) is 14.4. The number of piperazine rings is 1. The largest absolute Gasteiger partial charge is 0.368 e. The highest BCUT2D eigenvalue weighted by Gasteiger charge is 2.17. The normalized spacial score (nSPS) is 23.5. The Morgan fingerprint density at radius 2 is 1.30 bits per heavy atom. The smallest absolute Gasteiger partial charge is 0.0367 e. The molecule has 2 aliphatic rings. The van der Waals surface area contributed by atoms with Crippen LogP contribution in [0, 0.1) is 0 Å². The van der Waals surface area contributed by atoms with E-state index in [1.807, 2.05) is 0 Å². The second-order valence-corrected chi connectivity index (χ2v) is 5.74. The second-order valence-electron chi connectivity index (χ2n) is 5.74. The lowest BCUT2D eigenvalue weighted by molar-refractivity contribution is 0.330. The molecule has 0 N–H and O–H groups in total. The molecule has 0 spiro atoms. The number of allylic oxidation sites excluding steroid dienone is 7. The van der Waals surface area contributed by atoms with Crippen molar-refractivity contribution in [2.45, 2.75) is 20.3 Å². The summed E-state index contributed by atoms with van der Waals surface area (Å²) in [6.45, 7) is 8.55. The van der Waals surface area contributed by atoms with Crippen LogP contribution in [0.15, 0.2) is 78.6 Å². The third-order valence-corrected chi connectivity index (χ3v) is 3.74. The van der Waals surface area contributed by atoms with Gasteiger partial charge in [0.15, 0.2) is 0 Å². The Morgan fingerprint density at radius 3 is 2.00 bits per heavy atom. The molecular formula is C21H28N2. The Labute approximate surface area is 141 Å². The molecule has 122 valence electrons. The molecule has 0 bridgehead atoms. The highest BCUT2D eigenvalue weighted by atomic mass is 15.3. The predicted octanol–water partition coefficient (Wildman–Crippen LogP) is 4.79. The van der Waals surface area contributed by atoms with E-state index in [9.17, 15) is 0 Å². The molecule has 0 radical (unpaired) electrons. The van der Waals surface area contributed by atoms with Gasteiger partial charge >= 0.3 is 0 Å². The van der Waals surface area contributed by atoms with Gasteiger partial charge in [-0.2, -0.15) is 0 Å². The van der Waals surface area contributed by atoms with Crippen LogP contribution in [0.3, 0.4) is 0 Å². The maximum absolute atomic E-state index is 2.46. The van der Waals surface area contributed by atoms with Crippen LogP contribution in [0.5, 0.6) is 0 Å². The van der Waals surface area contributed by atoms with Crippen LogP contribution in [-0.4, -0.2) is 31.1 Å². The van der Waals surface area contributed by atoms with E-state index in [4.69, 9.17) is 0 Å². The first-order valence-corrected chi connectivity index (χ1v) is 8.61. The number of para-hydroxylation sites is 1. The molecule has 1 aliphatic heterocycles. The molecule has 1 aromatic rings. The number of benzene rings is 1. The van der Waals surface area contributed by atoms with Crippen molar-refractivity contribution in [1.29, 1.82) is 0 Å². The minimum absolute atomic E-state index is 1.07. The predicted molar refractivity (Wildman–Crippen MR) is 102 cm³/mol. The van der Waals surface area contributed by atoms with E-state index < -0.39 is 0 Å². The van der Waals surface area contributed by atoms with Crippen molar-refractivity contribution in [3.63, 3.8) is 0 Å². The summed E-state index contributed by atoms with van der Waals surface area (Å²) in [6, 6.07) is 10.7. The first-order chi connectivity index (χ1) is 11.3. The molecule has 0 amide bonds. The Hall–Kier alpha value is -2.22. The summed E-state index contributed by atoms with van der Waals surface area (Å²) in [5.41, 5.74) is 2.63. The van der Waals surface area contributed by atoms with E-state index in [1.165, 1.54) is 17.8 Å². The molecule has 3 rings (SSSR count). The van der Waals surface area contributed by atoms with Crippen LogP contribution in [0.2, 0.25) is 0 Å². The number of rotatable bonds is 2. The van der Waals surface area contributed by atoms with E-state index in [1.54, 1.807) is 0 Å². The van der Waals surface area contributed by atoms with Crippen LogP contribution >= 0.6 is 0 Å². The molecule has 1 fully saturated rings. The molecular weight excluding hydrogens is 280 g/mol. The fourth-order valence-corrected chi connectivity index (χ4v) is 2.63. The van der Waals surface area contributed by atoms with Gasteiger partial charge in [-0.25, -0.2) is 0 Å². The van der Waals surface area contributed by atoms with Crippen molar-refractivity contribution in [2.24, 2.45) is 0 Å². The van der Waals surface area contributed by atoms with Crippen LogP contribution < -0.4 is 4.90 Å². The lowest BCUT2D eigenvalue weighted by atomic mass is 10.2. The number of nitrogens with zero attached hydrogens (tertiary/aromatic N) is 2. The third kappa shape index (κ3) is 5.48. The SMILES string of the molecule is C1=C\C=C/C(N2CCN(c3ccccc3)CC2)=C\C=C/1.CCC. The molecule has 0 saturated carbocycles. The highest BCUT2D eigenvalue weighted by Crippen LogP contribution is 2.18. The van der Waals surface area contributed by atoms with Crippen molar-refractivity contribution >= 4 is 5.69 Å². The zero-order chi connectivity index (χ0) is 16.3. The standard InChI is InChI=1S/C18H20N2.C3H8/c1-2-5-9-17(10-6-3-1)19-13-15-20(16-14-19)18-11-7-4-8-12-18;1-3-2/h1-12H,13-16H2;3H2,1-2H3/b2-1-,3-1?,5-2?,6-3-,9-5-,10-6?,17-9?,17-10+;. The van der Waals surface area contributed by atoms with Crippen molar-refractivity contribution < 1.29 is 0 Å². The maximum atomic E-state index is 2.46. The monoisotopic (exact) mass is 308 g/mol. The number of anilines is 1. The van der Waals surface area contributed by atoms with E-state index >= 15 is 0 Å². The van der Waals surface area contributed by atoms with Gasteiger partial charge in [0.1, 0.15) is 0 Å². The van der Waals surface area contributed by atoms with Gasteiger partial charge in [0.2, 0.25) is 0 Å². The van der Waals surface area contributed by atoms with Gasteiger partial charge in [0, 0.05) is 37.6 Å².